The van der Waals surface area contributed by atoms with Gasteiger partial charge in [-0.15, -0.1) is 0 Å². The molecule has 0 spiro atoms. The third-order valence-corrected chi connectivity index (χ3v) is 8.79. The molecule has 0 unspecified atom stereocenters. The highest BCUT2D eigenvalue weighted by Gasteiger charge is 2.21. The number of nitrogens with zero attached hydrogens (tertiary/aromatic N) is 5. The smallest absolute Gasteiger partial charge is 0.240 e. The maximum Gasteiger partial charge on any atom is 0.240 e. The molecule has 9 aromatic rings. The minimum atomic E-state index is 0.527. The molecule has 0 aliphatic heterocycles. The first kappa shape index (κ1) is 26.2. The molecule has 0 atom stereocenters. The molecule has 0 radical (unpaired) electrons. The third-order valence-electron chi connectivity index (χ3n) is 8.79. The van der Waals surface area contributed by atoms with Crippen molar-refractivity contribution < 1.29 is 4.42 Å². The molecule has 0 aliphatic rings. The minimum Gasteiger partial charge on any atom is -0.456 e. The summed E-state index contributed by atoms with van der Waals surface area (Å²) in [5, 5.41) is 5.55. The first-order chi connectivity index (χ1) is 22.7. The summed E-state index contributed by atoms with van der Waals surface area (Å²) in [7, 11) is 0. The van der Waals surface area contributed by atoms with Crippen LogP contribution < -0.4 is 0 Å². The fourth-order valence-electron chi connectivity index (χ4n) is 6.68. The van der Waals surface area contributed by atoms with Gasteiger partial charge in [0.15, 0.2) is 5.82 Å². The molecule has 4 aromatic heterocycles. The molecule has 0 aliphatic carbocycles. The fourth-order valence-corrected chi connectivity index (χ4v) is 6.68. The Balaban J connectivity index is 1.38. The van der Waals surface area contributed by atoms with Gasteiger partial charge >= 0.3 is 0 Å². The van der Waals surface area contributed by atoms with E-state index < -0.39 is 0 Å². The summed E-state index contributed by atoms with van der Waals surface area (Å²) in [5.74, 6) is 1.62. The highest BCUT2D eigenvalue weighted by atomic mass is 16.3. The van der Waals surface area contributed by atoms with Gasteiger partial charge in [0.05, 0.1) is 22.2 Å². The van der Waals surface area contributed by atoms with E-state index in [2.05, 4.69) is 114 Å². The minimum absolute atomic E-state index is 0.527. The van der Waals surface area contributed by atoms with Gasteiger partial charge in [-0.25, -0.2) is 0 Å². The Hall–Kier alpha value is -6.27. The summed E-state index contributed by atoms with van der Waals surface area (Å²) in [6, 6.07) is 39.4. The lowest BCUT2D eigenvalue weighted by Gasteiger charge is -2.13. The van der Waals surface area contributed by atoms with Gasteiger partial charge in [-0.2, -0.15) is 15.0 Å². The van der Waals surface area contributed by atoms with Crippen LogP contribution in [0.1, 0.15) is 11.3 Å². The van der Waals surface area contributed by atoms with Crippen LogP contribution in [-0.2, 0) is 0 Å². The Morgan fingerprint density at radius 3 is 1.85 bits per heavy atom. The quantitative estimate of drug-likeness (QED) is 0.186. The normalized spacial score (nSPS) is 12.0. The maximum atomic E-state index is 6.27. The molecule has 0 fully saturated rings. The van der Waals surface area contributed by atoms with E-state index in [0.717, 1.165) is 71.5 Å². The SMILES string of the molecule is C=C/C=C\c1c(C)c2ccccc2n1-c1nc(-c2ccc3c(c2)oc2ccccc23)nc(-n2c3ccccc3c3ccccc32)n1. The summed E-state index contributed by atoms with van der Waals surface area (Å²) in [6.45, 7) is 6.04. The van der Waals surface area contributed by atoms with E-state index in [1.54, 1.807) is 6.08 Å². The van der Waals surface area contributed by atoms with Gasteiger partial charge < -0.3 is 4.42 Å². The van der Waals surface area contributed by atoms with Gasteiger partial charge in [0.2, 0.25) is 11.9 Å². The molecule has 6 heteroatoms. The third kappa shape index (κ3) is 3.87. The van der Waals surface area contributed by atoms with Gasteiger partial charge in [-0.05, 0) is 55.0 Å². The zero-order valence-electron chi connectivity index (χ0n) is 25.1. The average Bonchev–Trinajstić information content (AvgIpc) is 3.74. The van der Waals surface area contributed by atoms with Crippen molar-refractivity contribution in [2.45, 2.75) is 6.92 Å². The van der Waals surface area contributed by atoms with E-state index in [9.17, 15) is 0 Å². The number of allylic oxidation sites excluding steroid dienone is 2. The van der Waals surface area contributed by atoms with Crippen LogP contribution >= 0.6 is 0 Å². The van der Waals surface area contributed by atoms with Gasteiger partial charge in [0.25, 0.3) is 0 Å². The second kappa shape index (κ2) is 10.1. The molecular formula is C40H27N5O. The maximum absolute atomic E-state index is 6.27. The second-order valence-electron chi connectivity index (χ2n) is 11.4. The van der Waals surface area contributed by atoms with Crippen LogP contribution in [0.5, 0.6) is 0 Å². The molecule has 46 heavy (non-hydrogen) atoms. The zero-order chi connectivity index (χ0) is 30.8. The molecule has 5 aromatic carbocycles. The molecule has 0 bridgehead atoms. The number of benzene rings is 5. The highest BCUT2D eigenvalue weighted by molar-refractivity contribution is 6.09. The van der Waals surface area contributed by atoms with E-state index in [4.69, 9.17) is 19.4 Å². The van der Waals surface area contributed by atoms with Crippen LogP contribution in [0.2, 0.25) is 0 Å². The lowest BCUT2D eigenvalue weighted by atomic mass is 10.1. The number of para-hydroxylation sites is 4. The van der Waals surface area contributed by atoms with E-state index in [1.165, 1.54) is 0 Å². The Bertz CT molecular complexity index is 2630. The van der Waals surface area contributed by atoms with Crippen molar-refractivity contribution >= 4 is 60.7 Å². The van der Waals surface area contributed by atoms with E-state index >= 15 is 0 Å². The molecule has 0 saturated heterocycles. The highest BCUT2D eigenvalue weighted by Crippen LogP contribution is 2.35. The Morgan fingerprint density at radius 2 is 1.15 bits per heavy atom. The summed E-state index contributed by atoms with van der Waals surface area (Å²) >= 11 is 0. The monoisotopic (exact) mass is 593 g/mol. The largest absolute Gasteiger partial charge is 0.456 e. The van der Waals surface area contributed by atoms with Crippen LogP contribution in [0.25, 0.3) is 84.0 Å². The number of aryl methyl sites for hydroxylation is 1. The van der Waals surface area contributed by atoms with Crippen molar-refractivity contribution in [3.05, 3.63) is 145 Å². The first-order valence-corrected chi connectivity index (χ1v) is 15.3. The van der Waals surface area contributed by atoms with Gasteiger partial charge in [0, 0.05) is 32.5 Å². The van der Waals surface area contributed by atoms with Crippen molar-refractivity contribution in [1.82, 2.24) is 24.1 Å². The van der Waals surface area contributed by atoms with Crippen LogP contribution in [0.3, 0.4) is 0 Å². The molecule has 0 N–H and O–H groups in total. The van der Waals surface area contributed by atoms with Crippen molar-refractivity contribution in [1.29, 1.82) is 0 Å². The Kier molecular flexibility index (Phi) is 5.77. The molecule has 9 rings (SSSR count). The number of furan rings is 1. The van der Waals surface area contributed by atoms with Gasteiger partial charge in [0.1, 0.15) is 11.2 Å². The van der Waals surface area contributed by atoms with Crippen molar-refractivity contribution in [2.24, 2.45) is 0 Å². The standard InChI is InChI=1S/C40H27N5O/c1-3-4-17-32-25(2)27-13-5-9-18-33(27)44(32)39-41-38(26-22-23-31-30-16-8-12-21-36(30)46-37(31)24-26)42-40(43-39)45-34-19-10-6-14-28(34)29-15-7-11-20-35(29)45/h3-24H,1H2,2H3/b17-4-. The lowest BCUT2D eigenvalue weighted by Crippen LogP contribution is -2.11. The Morgan fingerprint density at radius 1 is 0.587 bits per heavy atom. The lowest BCUT2D eigenvalue weighted by molar-refractivity contribution is 0.669. The molecular weight excluding hydrogens is 566 g/mol. The van der Waals surface area contributed by atoms with E-state index in [-0.39, 0.29) is 0 Å². The first-order valence-electron chi connectivity index (χ1n) is 15.3. The van der Waals surface area contributed by atoms with Crippen molar-refractivity contribution in [3.63, 3.8) is 0 Å². The average molecular weight is 594 g/mol. The molecule has 4 heterocycles. The molecule has 0 saturated carbocycles. The zero-order valence-corrected chi connectivity index (χ0v) is 25.1. The summed E-state index contributed by atoms with van der Waals surface area (Å²) in [5.41, 5.74) is 7.67. The molecule has 0 amide bonds. The fraction of sp³-hybridized carbons (Fsp3) is 0.0250. The van der Waals surface area contributed by atoms with Crippen LogP contribution in [0.4, 0.5) is 0 Å². The van der Waals surface area contributed by atoms with Crippen LogP contribution in [0.15, 0.2) is 138 Å². The topological polar surface area (TPSA) is 61.7 Å². The number of rotatable bonds is 5. The van der Waals surface area contributed by atoms with E-state index in [0.29, 0.717) is 17.7 Å². The predicted molar refractivity (Wildman–Crippen MR) is 188 cm³/mol. The van der Waals surface area contributed by atoms with Crippen molar-refractivity contribution in [3.8, 4) is 23.3 Å². The van der Waals surface area contributed by atoms with Gasteiger partial charge in [-0.3, -0.25) is 9.13 Å². The summed E-state index contributed by atoms with van der Waals surface area (Å²) < 4.78 is 10.5. The molecule has 218 valence electrons. The van der Waals surface area contributed by atoms with E-state index in [1.807, 2.05) is 36.4 Å². The Labute approximate surface area is 264 Å². The van der Waals surface area contributed by atoms with Crippen LogP contribution in [-0.4, -0.2) is 24.1 Å². The van der Waals surface area contributed by atoms with Crippen molar-refractivity contribution in [2.75, 3.05) is 0 Å². The number of hydrogen-bond acceptors (Lipinski definition) is 4. The number of hydrogen-bond donors (Lipinski definition) is 0. The summed E-state index contributed by atoms with van der Waals surface area (Å²) in [4.78, 5) is 15.5. The number of aromatic nitrogens is 5. The van der Waals surface area contributed by atoms with Gasteiger partial charge in [-0.1, -0.05) is 97.6 Å². The van der Waals surface area contributed by atoms with Crippen LogP contribution in [0, 0.1) is 6.92 Å². The number of fused-ring (bicyclic) bond motifs is 7. The summed E-state index contributed by atoms with van der Waals surface area (Å²) in [6.07, 6.45) is 5.79. The second-order valence-corrected chi connectivity index (χ2v) is 11.4. The molecule has 6 nitrogen and oxygen atoms in total. The predicted octanol–water partition coefficient (Wildman–Crippen LogP) is 9.99.